The van der Waals surface area contributed by atoms with Crippen LogP contribution < -0.4 is 10.6 Å². The van der Waals surface area contributed by atoms with Gasteiger partial charge in [-0.2, -0.15) is 13.2 Å². The van der Waals surface area contributed by atoms with Crippen molar-refractivity contribution in [3.8, 4) is 11.1 Å². The minimum atomic E-state index is -4.37. The highest BCUT2D eigenvalue weighted by atomic mass is 19.4. The van der Waals surface area contributed by atoms with Crippen molar-refractivity contribution < 1.29 is 18.0 Å². The molecule has 0 bridgehead atoms. The SMILES string of the molecule is O=C(N[C@H]1CCCNC1)c1ccccc1-c1ccc(C(F)(F)F)cc1. The monoisotopic (exact) mass is 348 g/mol. The molecule has 1 saturated heterocycles. The third-order valence-corrected chi connectivity index (χ3v) is 4.33. The van der Waals surface area contributed by atoms with E-state index < -0.39 is 11.7 Å². The van der Waals surface area contributed by atoms with Gasteiger partial charge < -0.3 is 10.6 Å². The van der Waals surface area contributed by atoms with Gasteiger partial charge in [-0.15, -0.1) is 0 Å². The van der Waals surface area contributed by atoms with Gasteiger partial charge in [0.05, 0.1) is 5.56 Å². The van der Waals surface area contributed by atoms with Crippen LogP contribution in [0, 0.1) is 0 Å². The van der Waals surface area contributed by atoms with Crippen molar-refractivity contribution in [1.82, 2.24) is 10.6 Å². The van der Waals surface area contributed by atoms with Crippen LogP contribution in [0.15, 0.2) is 48.5 Å². The van der Waals surface area contributed by atoms with Crippen LogP contribution in [0.1, 0.15) is 28.8 Å². The second-order valence-electron chi connectivity index (χ2n) is 6.14. The molecule has 1 heterocycles. The van der Waals surface area contributed by atoms with Gasteiger partial charge in [0.2, 0.25) is 0 Å². The van der Waals surface area contributed by atoms with E-state index in [-0.39, 0.29) is 11.9 Å². The highest BCUT2D eigenvalue weighted by molar-refractivity contribution is 6.01. The normalized spacial score (nSPS) is 18.0. The highest BCUT2D eigenvalue weighted by Crippen LogP contribution is 2.31. The number of rotatable bonds is 3. The smallest absolute Gasteiger partial charge is 0.348 e. The Labute approximate surface area is 144 Å². The summed E-state index contributed by atoms with van der Waals surface area (Å²) in [6.45, 7) is 1.68. The van der Waals surface area contributed by atoms with Crippen LogP contribution in [0.3, 0.4) is 0 Å². The second-order valence-corrected chi connectivity index (χ2v) is 6.14. The summed E-state index contributed by atoms with van der Waals surface area (Å²) in [5.41, 5.74) is 0.970. The van der Waals surface area contributed by atoms with Crippen LogP contribution in [0.4, 0.5) is 13.2 Å². The fourth-order valence-corrected chi connectivity index (χ4v) is 3.01. The van der Waals surface area contributed by atoms with Gasteiger partial charge in [0.25, 0.3) is 5.91 Å². The van der Waals surface area contributed by atoms with Crippen molar-refractivity contribution in [1.29, 1.82) is 0 Å². The van der Waals surface area contributed by atoms with Gasteiger partial charge in [-0.3, -0.25) is 4.79 Å². The number of hydrogen-bond acceptors (Lipinski definition) is 2. The average molecular weight is 348 g/mol. The summed E-state index contributed by atoms with van der Waals surface area (Å²) in [4.78, 5) is 12.6. The molecular formula is C19H19F3N2O. The maximum atomic E-state index is 12.7. The van der Waals surface area contributed by atoms with Gasteiger partial charge in [0.15, 0.2) is 0 Å². The quantitative estimate of drug-likeness (QED) is 0.885. The van der Waals surface area contributed by atoms with E-state index in [1.807, 2.05) is 0 Å². The van der Waals surface area contributed by atoms with Gasteiger partial charge in [-0.1, -0.05) is 30.3 Å². The van der Waals surface area contributed by atoms with Gasteiger partial charge in [-0.05, 0) is 48.7 Å². The lowest BCUT2D eigenvalue weighted by atomic mass is 9.97. The first-order chi connectivity index (χ1) is 11.9. The van der Waals surface area contributed by atoms with Gasteiger partial charge in [0.1, 0.15) is 0 Å². The fraction of sp³-hybridized carbons (Fsp3) is 0.316. The molecule has 1 fully saturated rings. The van der Waals surface area contributed by atoms with E-state index in [1.165, 1.54) is 12.1 Å². The molecule has 0 radical (unpaired) electrons. The van der Waals surface area contributed by atoms with Crippen LogP contribution in [0.25, 0.3) is 11.1 Å². The number of halogens is 3. The van der Waals surface area contributed by atoms with E-state index in [4.69, 9.17) is 0 Å². The minimum Gasteiger partial charge on any atom is -0.348 e. The molecule has 25 heavy (non-hydrogen) atoms. The number of carbonyl (C=O) groups excluding carboxylic acids is 1. The van der Waals surface area contributed by atoms with Crippen molar-refractivity contribution >= 4 is 5.91 Å². The molecular weight excluding hydrogens is 329 g/mol. The lowest BCUT2D eigenvalue weighted by molar-refractivity contribution is -0.137. The van der Waals surface area contributed by atoms with Crippen molar-refractivity contribution in [2.45, 2.75) is 25.1 Å². The Balaban J connectivity index is 1.84. The number of carbonyl (C=O) groups is 1. The Bertz CT molecular complexity index is 735. The van der Waals surface area contributed by atoms with E-state index in [9.17, 15) is 18.0 Å². The molecule has 1 amide bonds. The molecule has 0 aliphatic carbocycles. The molecule has 2 N–H and O–H groups in total. The van der Waals surface area contributed by atoms with Crippen molar-refractivity contribution in [2.75, 3.05) is 13.1 Å². The van der Waals surface area contributed by atoms with E-state index >= 15 is 0 Å². The number of alkyl halides is 3. The van der Waals surface area contributed by atoms with E-state index in [0.717, 1.165) is 38.1 Å². The number of hydrogen-bond donors (Lipinski definition) is 2. The lowest BCUT2D eigenvalue weighted by Crippen LogP contribution is -2.45. The van der Waals surface area contributed by atoms with E-state index in [0.29, 0.717) is 16.7 Å². The summed E-state index contributed by atoms with van der Waals surface area (Å²) in [5, 5.41) is 6.24. The molecule has 0 saturated carbocycles. The number of piperidine rings is 1. The third-order valence-electron chi connectivity index (χ3n) is 4.33. The predicted octanol–water partition coefficient (Wildman–Crippen LogP) is 3.85. The summed E-state index contributed by atoms with van der Waals surface area (Å²) in [6.07, 6.45) is -2.45. The van der Waals surface area contributed by atoms with Gasteiger partial charge in [-0.25, -0.2) is 0 Å². The summed E-state index contributed by atoms with van der Waals surface area (Å²) >= 11 is 0. The molecule has 132 valence electrons. The van der Waals surface area contributed by atoms with Crippen LogP contribution in [-0.2, 0) is 6.18 Å². The van der Waals surface area contributed by atoms with E-state index in [1.54, 1.807) is 24.3 Å². The Morgan fingerprint density at radius 1 is 1.08 bits per heavy atom. The Hall–Kier alpha value is -2.34. The second kappa shape index (κ2) is 7.27. The predicted molar refractivity (Wildman–Crippen MR) is 90.2 cm³/mol. The van der Waals surface area contributed by atoms with Gasteiger partial charge >= 0.3 is 6.18 Å². The molecule has 0 aromatic heterocycles. The molecule has 3 rings (SSSR count). The molecule has 1 aliphatic rings. The maximum Gasteiger partial charge on any atom is 0.416 e. The molecule has 1 atom stereocenters. The molecule has 2 aromatic rings. The molecule has 0 unspecified atom stereocenters. The first-order valence-electron chi connectivity index (χ1n) is 8.23. The maximum absolute atomic E-state index is 12.7. The number of benzene rings is 2. The summed E-state index contributed by atoms with van der Waals surface area (Å²) in [6, 6.07) is 11.9. The van der Waals surface area contributed by atoms with Crippen LogP contribution in [0.2, 0.25) is 0 Å². The fourth-order valence-electron chi connectivity index (χ4n) is 3.01. The standard InChI is InChI=1S/C19H19F3N2O/c20-19(21,22)14-9-7-13(8-10-14)16-5-1-2-6-17(16)18(25)24-15-4-3-11-23-12-15/h1-2,5-10,15,23H,3-4,11-12H2,(H,24,25)/t15-/m0/s1. The molecule has 1 aliphatic heterocycles. The Morgan fingerprint density at radius 2 is 1.80 bits per heavy atom. The lowest BCUT2D eigenvalue weighted by Gasteiger charge is -2.24. The Kier molecular flexibility index (Phi) is 5.08. The number of amides is 1. The zero-order chi connectivity index (χ0) is 17.9. The summed E-state index contributed by atoms with van der Waals surface area (Å²) < 4.78 is 38.2. The van der Waals surface area contributed by atoms with Crippen molar-refractivity contribution in [2.24, 2.45) is 0 Å². The van der Waals surface area contributed by atoms with Crippen LogP contribution in [-0.4, -0.2) is 25.0 Å². The summed E-state index contributed by atoms with van der Waals surface area (Å²) in [5.74, 6) is -0.204. The zero-order valence-electron chi connectivity index (χ0n) is 13.6. The third kappa shape index (κ3) is 4.20. The average Bonchev–Trinajstić information content (AvgIpc) is 2.62. The molecule has 0 spiro atoms. The first kappa shape index (κ1) is 17.5. The zero-order valence-corrected chi connectivity index (χ0v) is 13.6. The largest absolute Gasteiger partial charge is 0.416 e. The summed E-state index contributed by atoms with van der Waals surface area (Å²) in [7, 11) is 0. The molecule has 3 nitrogen and oxygen atoms in total. The Morgan fingerprint density at radius 3 is 2.44 bits per heavy atom. The molecule has 2 aromatic carbocycles. The van der Waals surface area contributed by atoms with Crippen LogP contribution >= 0.6 is 0 Å². The topological polar surface area (TPSA) is 41.1 Å². The molecule has 6 heteroatoms. The van der Waals surface area contributed by atoms with E-state index in [2.05, 4.69) is 10.6 Å². The minimum absolute atomic E-state index is 0.0712. The van der Waals surface area contributed by atoms with Crippen molar-refractivity contribution in [3.05, 3.63) is 59.7 Å². The first-order valence-corrected chi connectivity index (χ1v) is 8.23. The number of nitrogens with one attached hydrogen (secondary N) is 2. The van der Waals surface area contributed by atoms with Crippen molar-refractivity contribution in [3.63, 3.8) is 0 Å². The van der Waals surface area contributed by atoms with Gasteiger partial charge in [0, 0.05) is 18.2 Å². The van der Waals surface area contributed by atoms with Crippen LogP contribution in [0.5, 0.6) is 0 Å². The highest BCUT2D eigenvalue weighted by Gasteiger charge is 2.30.